The molecule has 0 unspecified atom stereocenters. The Balaban J connectivity index is 3.31. The van der Waals surface area contributed by atoms with Crippen LogP contribution in [0.2, 0.25) is 0 Å². The van der Waals surface area contributed by atoms with Crippen molar-refractivity contribution in [3.63, 3.8) is 0 Å². The molecule has 0 amide bonds. The minimum absolute atomic E-state index is 0.105. The van der Waals surface area contributed by atoms with Gasteiger partial charge in [0.15, 0.2) is 0 Å². The lowest BCUT2D eigenvalue weighted by atomic mass is 10.0. The molecule has 0 bridgehead atoms. The van der Waals surface area contributed by atoms with Gasteiger partial charge >= 0.3 is 0 Å². The molecule has 176 valence electrons. The topological polar surface area (TPSA) is 54.4 Å². The Morgan fingerprint density at radius 2 is 0.862 bits per heavy atom. The summed E-state index contributed by atoms with van der Waals surface area (Å²) in [6, 6.07) is 0. The predicted molar refractivity (Wildman–Crippen MR) is 127 cm³/mol. The highest BCUT2D eigenvalue weighted by Crippen LogP contribution is 2.14. The molecule has 0 rings (SSSR count). The van der Waals surface area contributed by atoms with Crippen molar-refractivity contribution < 1.29 is 17.5 Å². The molecule has 0 heterocycles. The van der Waals surface area contributed by atoms with Crippen molar-refractivity contribution >= 4 is 10.1 Å². The maximum absolute atomic E-state index is 10.7. The lowest BCUT2D eigenvalue weighted by Gasteiger charge is -2.29. The van der Waals surface area contributed by atoms with Crippen molar-refractivity contribution in [1.82, 2.24) is 0 Å². The first-order valence-electron chi connectivity index (χ1n) is 12.5. The van der Waals surface area contributed by atoms with Crippen LogP contribution in [-0.2, 0) is 10.1 Å². The first kappa shape index (κ1) is 28.9. The van der Waals surface area contributed by atoms with Gasteiger partial charge in [0, 0.05) is 0 Å². The monoisotopic (exact) mass is 434 g/mol. The van der Waals surface area contributed by atoms with Gasteiger partial charge < -0.3 is 4.48 Å². The van der Waals surface area contributed by atoms with Crippen LogP contribution in [0, 0.1) is 0 Å². The molecule has 0 aromatic carbocycles. The fourth-order valence-corrected chi connectivity index (χ4v) is 4.59. The maximum atomic E-state index is 10.7. The molecule has 0 radical (unpaired) electrons. The van der Waals surface area contributed by atoms with Gasteiger partial charge in [-0.2, -0.15) is 8.42 Å². The number of unbranched alkanes of at least 4 members (excludes halogenated alkanes) is 16. The minimum Gasteiger partial charge on any atom is -0.328 e. The number of quaternary nitrogens is 1. The molecule has 0 aromatic rings. The van der Waals surface area contributed by atoms with E-state index >= 15 is 0 Å². The molecule has 0 saturated carbocycles. The fourth-order valence-electron chi connectivity index (χ4n) is 4.02. The molecule has 0 atom stereocenters. The zero-order chi connectivity index (χ0) is 21.8. The second-order valence-electron chi connectivity index (χ2n) is 9.68. The van der Waals surface area contributed by atoms with Crippen molar-refractivity contribution in [1.29, 1.82) is 0 Å². The van der Waals surface area contributed by atoms with Gasteiger partial charge in [0.1, 0.15) is 0 Å². The van der Waals surface area contributed by atoms with Crippen LogP contribution in [0.25, 0.3) is 0 Å². The second-order valence-corrected chi connectivity index (χ2v) is 11.3. The van der Waals surface area contributed by atoms with E-state index < -0.39 is 10.1 Å². The first-order valence-corrected chi connectivity index (χ1v) is 14.1. The Morgan fingerprint density at radius 3 is 1.21 bits per heavy atom. The summed E-state index contributed by atoms with van der Waals surface area (Å²) >= 11 is 0. The van der Waals surface area contributed by atoms with Gasteiger partial charge in [0.05, 0.1) is 32.9 Å². The van der Waals surface area contributed by atoms with Crippen LogP contribution in [0.3, 0.4) is 0 Å². The zero-order valence-corrected chi connectivity index (χ0v) is 20.8. The quantitative estimate of drug-likeness (QED) is 0.113. The van der Waals surface area contributed by atoms with Crippen LogP contribution in [-0.4, -0.2) is 50.4 Å². The van der Waals surface area contributed by atoms with Crippen molar-refractivity contribution in [2.75, 3.05) is 32.9 Å². The Bertz CT molecular complexity index is 449. The van der Waals surface area contributed by atoms with E-state index in [1.165, 1.54) is 103 Å². The molecule has 0 aliphatic rings. The third kappa shape index (κ3) is 24.0. The minimum atomic E-state index is -3.79. The Labute approximate surface area is 183 Å². The third-order valence-corrected chi connectivity index (χ3v) is 6.84. The molecule has 0 spiro atoms. The molecule has 0 fully saturated rings. The van der Waals surface area contributed by atoms with Gasteiger partial charge in [0.2, 0.25) is 0 Å². The fraction of sp³-hybridized carbons (Fsp3) is 1.00. The van der Waals surface area contributed by atoms with Crippen molar-refractivity contribution in [2.45, 2.75) is 122 Å². The molecular weight excluding hydrogens is 382 g/mol. The first-order chi connectivity index (χ1) is 13.8. The molecule has 29 heavy (non-hydrogen) atoms. The van der Waals surface area contributed by atoms with Gasteiger partial charge in [-0.3, -0.25) is 4.55 Å². The highest BCUT2D eigenvalue weighted by molar-refractivity contribution is 7.85. The Kier molecular flexibility index (Phi) is 18.5. The Morgan fingerprint density at radius 1 is 0.552 bits per heavy atom. The number of hydrogen-bond acceptors (Lipinski definition) is 2. The summed E-state index contributed by atoms with van der Waals surface area (Å²) in [5, 5.41) is 0. The van der Waals surface area contributed by atoms with E-state index in [-0.39, 0.29) is 5.75 Å². The largest absolute Gasteiger partial charge is 0.328 e. The van der Waals surface area contributed by atoms with Crippen molar-refractivity contribution in [3.8, 4) is 0 Å². The smallest absolute Gasteiger partial charge is 0.264 e. The van der Waals surface area contributed by atoms with Gasteiger partial charge in [-0.1, -0.05) is 96.8 Å². The summed E-state index contributed by atoms with van der Waals surface area (Å²) in [6.45, 7) is 4.42. The molecule has 0 aromatic heterocycles. The van der Waals surface area contributed by atoms with Gasteiger partial charge in [-0.15, -0.1) is 0 Å². The molecule has 4 nitrogen and oxygen atoms in total. The van der Waals surface area contributed by atoms with E-state index in [2.05, 4.69) is 21.0 Å². The molecule has 0 aliphatic carbocycles. The van der Waals surface area contributed by atoms with E-state index in [1.54, 1.807) is 0 Å². The Hall–Kier alpha value is -0.130. The number of nitrogens with zero attached hydrogens (tertiary/aromatic N) is 1. The van der Waals surface area contributed by atoms with E-state index in [4.69, 9.17) is 4.55 Å². The standard InChI is InChI=1S/C24H51NO3S/c1-4-5-6-7-8-9-10-11-12-13-14-15-16-17-18-19-22-25(2,3)23-20-21-24-29(26,27)28/h4-24H2,1-3H3/p+1. The van der Waals surface area contributed by atoms with E-state index in [1.807, 2.05) is 0 Å². The maximum Gasteiger partial charge on any atom is 0.264 e. The summed E-state index contributed by atoms with van der Waals surface area (Å²) in [4.78, 5) is 0. The van der Waals surface area contributed by atoms with Gasteiger partial charge in [0.25, 0.3) is 10.1 Å². The highest BCUT2D eigenvalue weighted by Gasteiger charge is 2.14. The molecule has 1 N–H and O–H groups in total. The lowest BCUT2D eigenvalue weighted by molar-refractivity contribution is -0.890. The predicted octanol–water partition coefficient (Wildman–Crippen LogP) is 6.99. The summed E-state index contributed by atoms with van der Waals surface area (Å²) in [5.74, 6) is -0.105. The highest BCUT2D eigenvalue weighted by atomic mass is 32.2. The van der Waals surface area contributed by atoms with E-state index in [0.717, 1.165) is 24.0 Å². The number of hydrogen-bond donors (Lipinski definition) is 1. The average Bonchev–Trinajstić information content (AvgIpc) is 2.64. The summed E-state index contributed by atoms with van der Waals surface area (Å²) in [7, 11) is 0.648. The van der Waals surface area contributed by atoms with Crippen LogP contribution in [0.15, 0.2) is 0 Å². The van der Waals surface area contributed by atoms with Crippen LogP contribution >= 0.6 is 0 Å². The zero-order valence-electron chi connectivity index (χ0n) is 20.0. The molecule has 0 aliphatic heterocycles. The van der Waals surface area contributed by atoms with Crippen molar-refractivity contribution in [3.05, 3.63) is 0 Å². The third-order valence-electron chi connectivity index (χ3n) is 6.03. The second kappa shape index (κ2) is 18.6. The SMILES string of the molecule is CCCCCCCCCCCCCCCCCC[N+](C)(C)CCCCS(=O)(=O)O. The summed E-state index contributed by atoms with van der Waals surface area (Å²) < 4.78 is 31.2. The summed E-state index contributed by atoms with van der Waals surface area (Å²) in [6.07, 6.45) is 23.7. The van der Waals surface area contributed by atoms with Crippen LogP contribution < -0.4 is 0 Å². The van der Waals surface area contributed by atoms with Crippen LogP contribution in [0.5, 0.6) is 0 Å². The van der Waals surface area contributed by atoms with Gasteiger partial charge in [-0.05, 0) is 25.7 Å². The number of rotatable bonds is 22. The average molecular weight is 435 g/mol. The van der Waals surface area contributed by atoms with E-state index in [9.17, 15) is 8.42 Å². The normalized spacial score (nSPS) is 12.6. The molecule has 5 heteroatoms. The van der Waals surface area contributed by atoms with E-state index in [0.29, 0.717) is 6.42 Å². The molecule has 0 saturated heterocycles. The van der Waals surface area contributed by atoms with Gasteiger partial charge in [-0.25, -0.2) is 0 Å². The van der Waals surface area contributed by atoms with Crippen LogP contribution in [0.4, 0.5) is 0 Å². The lowest BCUT2D eigenvalue weighted by Crippen LogP contribution is -2.41. The van der Waals surface area contributed by atoms with Crippen LogP contribution in [0.1, 0.15) is 122 Å². The summed E-state index contributed by atoms with van der Waals surface area (Å²) in [5.41, 5.74) is 0. The van der Waals surface area contributed by atoms with Crippen molar-refractivity contribution in [2.24, 2.45) is 0 Å². The molecular formula is C24H52NO3S+.